The molecule has 1 N–H and O–H groups in total. The minimum atomic E-state index is 0.415. The number of rotatable bonds is 10. The lowest BCUT2D eigenvalue weighted by Gasteiger charge is -2.15. The van der Waals surface area contributed by atoms with Crippen LogP contribution in [0.15, 0.2) is 73.1 Å². The van der Waals surface area contributed by atoms with Gasteiger partial charge in [0.05, 0.1) is 12.1 Å². The monoisotopic (exact) mass is 429 g/mol. The molecule has 3 aromatic carbocycles. The lowest BCUT2D eigenvalue weighted by molar-refractivity contribution is 0.143. The second-order valence-corrected chi connectivity index (χ2v) is 7.33. The first-order valence-corrected chi connectivity index (χ1v) is 10.7. The fraction of sp³-hybridized carbons (Fsp3) is 0.231. The van der Waals surface area contributed by atoms with E-state index in [1.165, 1.54) is 5.56 Å². The van der Waals surface area contributed by atoms with Crippen molar-refractivity contribution in [1.29, 1.82) is 0 Å². The van der Waals surface area contributed by atoms with E-state index in [9.17, 15) is 0 Å². The topological polar surface area (TPSA) is 65.5 Å². The van der Waals surface area contributed by atoms with Crippen molar-refractivity contribution in [3.05, 3.63) is 84.2 Å². The molecule has 6 heteroatoms. The summed E-state index contributed by atoms with van der Waals surface area (Å²) in [5.41, 5.74) is 4.09. The molecule has 1 heterocycles. The minimum absolute atomic E-state index is 0.415. The van der Waals surface area contributed by atoms with Crippen LogP contribution in [0.4, 0.5) is 11.5 Å². The highest BCUT2D eigenvalue weighted by molar-refractivity contribution is 5.93. The van der Waals surface area contributed by atoms with E-state index in [-0.39, 0.29) is 0 Å². The van der Waals surface area contributed by atoms with Gasteiger partial charge in [-0.25, -0.2) is 9.97 Å². The fourth-order valence-electron chi connectivity index (χ4n) is 3.37. The van der Waals surface area contributed by atoms with E-state index < -0.39 is 0 Å². The molecule has 1 aromatic heterocycles. The molecule has 164 valence electrons. The van der Waals surface area contributed by atoms with Crippen molar-refractivity contribution < 1.29 is 14.2 Å². The van der Waals surface area contributed by atoms with E-state index in [4.69, 9.17) is 14.2 Å². The van der Waals surface area contributed by atoms with Gasteiger partial charge in [-0.2, -0.15) is 0 Å². The fourth-order valence-corrected chi connectivity index (χ4v) is 3.37. The number of hydrogen-bond acceptors (Lipinski definition) is 6. The third kappa shape index (κ3) is 5.34. The first kappa shape index (κ1) is 21.6. The molecule has 0 saturated heterocycles. The number of nitrogens with zero attached hydrogens (tertiary/aromatic N) is 2. The molecule has 0 aliphatic rings. The van der Waals surface area contributed by atoms with Crippen LogP contribution in [0.5, 0.6) is 11.5 Å². The molecule has 0 aliphatic heterocycles. The number of aromatic nitrogens is 2. The van der Waals surface area contributed by atoms with Gasteiger partial charge < -0.3 is 19.5 Å². The first-order valence-electron chi connectivity index (χ1n) is 10.7. The molecule has 0 radical (unpaired) electrons. The van der Waals surface area contributed by atoms with Crippen LogP contribution in [0, 0.1) is 0 Å². The predicted molar refractivity (Wildman–Crippen MR) is 127 cm³/mol. The largest absolute Gasteiger partial charge is 0.487 e. The Morgan fingerprint density at radius 3 is 2.44 bits per heavy atom. The zero-order valence-corrected chi connectivity index (χ0v) is 18.4. The van der Waals surface area contributed by atoms with Crippen LogP contribution < -0.4 is 14.8 Å². The molecule has 0 fully saturated rings. The number of methoxy groups -OCH3 is 1. The maximum absolute atomic E-state index is 6.10. The van der Waals surface area contributed by atoms with Gasteiger partial charge in [0.25, 0.3) is 0 Å². The van der Waals surface area contributed by atoms with Gasteiger partial charge in [0, 0.05) is 24.2 Å². The van der Waals surface area contributed by atoms with Gasteiger partial charge in [-0.15, -0.1) is 0 Å². The van der Waals surface area contributed by atoms with Crippen molar-refractivity contribution in [3.8, 4) is 11.5 Å². The molecular weight excluding hydrogens is 402 g/mol. The molecule has 0 unspecified atom stereocenters. The summed E-state index contributed by atoms with van der Waals surface area (Å²) in [4.78, 5) is 8.93. The van der Waals surface area contributed by atoms with Crippen LogP contribution in [0.25, 0.3) is 10.9 Å². The SMILES string of the molecule is CCc1cccc(Nc2ncnc3cc(OCc4ccccc4)c(OCCOC)cc23)c1. The average Bonchev–Trinajstić information content (AvgIpc) is 2.84. The third-order valence-corrected chi connectivity index (χ3v) is 5.08. The van der Waals surface area contributed by atoms with E-state index in [2.05, 4.69) is 34.3 Å². The maximum Gasteiger partial charge on any atom is 0.163 e. The summed E-state index contributed by atoms with van der Waals surface area (Å²) in [5.74, 6) is 1.98. The summed E-state index contributed by atoms with van der Waals surface area (Å²) in [6, 6.07) is 22.2. The van der Waals surface area contributed by atoms with Crippen molar-refractivity contribution in [2.24, 2.45) is 0 Å². The maximum atomic E-state index is 6.10. The Balaban J connectivity index is 1.66. The Hall–Kier alpha value is -3.64. The van der Waals surface area contributed by atoms with E-state index in [0.717, 1.165) is 34.4 Å². The second-order valence-electron chi connectivity index (χ2n) is 7.33. The summed E-state index contributed by atoms with van der Waals surface area (Å²) < 4.78 is 17.2. The average molecular weight is 430 g/mol. The van der Waals surface area contributed by atoms with Gasteiger partial charge >= 0.3 is 0 Å². The summed E-state index contributed by atoms with van der Waals surface area (Å²) in [7, 11) is 1.65. The number of ether oxygens (including phenoxy) is 3. The quantitative estimate of drug-likeness (QED) is 0.334. The Morgan fingerprint density at radius 2 is 1.62 bits per heavy atom. The van der Waals surface area contributed by atoms with Crippen LogP contribution in [0.3, 0.4) is 0 Å². The summed E-state index contributed by atoms with van der Waals surface area (Å²) in [6.45, 7) is 3.47. The van der Waals surface area contributed by atoms with Gasteiger partial charge in [0.15, 0.2) is 11.5 Å². The highest BCUT2D eigenvalue weighted by Gasteiger charge is 2.13. The number of hydrogen-bond donors (Lipinski definition) is 1. The first-order chi connectivity index (χ1) is 15.8. The molecule has 32 heavy (non-hydrogen) atoms. The molecule has 0 aliphatic carbocycles. The molecule has 0 amide bonds. The number of benzene rings is 3. The molecule has 0 atom stereocenters. The molecule has 0 bridgehead atoms. The van der Waals surface area contributed by atoms with E-state index in [1.54, 1.807) is 13.4 Å². The minimum Gasteiger partial charge on any atom is -0.487 e. The molecule has 4 aromatic rings. The van der Waals surface area contributed by atoms with Gasteiger partial charge in [0.1, 0.15) is 25.4 Å². The molecule has 0 saturated carbocycles. The second kappa shape index (κ2) is 10.6. The van der Waals surface area contributed by atoms with E-state index in [1.807, 2.05) is 54.6 Å². The Kier molecular flexibility index (Phi) is 7.15. The highest BCUT2D eigenvalue weighted by Crippen LogP contribution is 2.35. The zero-order chi connectivity index (χ0) is 22.2. The van der Waals surface area contributed by atoms with Crippen molar-refractivity contribution in [3.63, 3.8) is 0 Å². The highest BCUT2D eigenvalue weighted by atomic mass is 16.5. The third-order valence-electron chi connectivity index (χ3n) is 5.08. The predicted octanol–water partition coefficient (Wildman–Crippen LogP) is 5.54. The van der Waals surface area contributed by atoms with Crippen molar-refractivity contribution in [2.45, 2.75) is 20.0 Å². The van der Waals surface area contributed by atoms with Crippen LogP contribution in [0.2, 0.25) is 0 Å². The van der Waals surface area contributed by atoms with E-state index in [0.29, 0.717) is 31.3 Å². The van der Waals surface area contributed by atoms with Crippen LogP contribution >= 0.6 is 0 Å². The van der Waals surface area contributed by atoms with Crippen LogP contribution in [-0.4, -0.2) is 30.3 Å². The lowest BCUT2D eigenvalue weighted by atomic mass is 10.1. The van der Waals surface area contributed by atoms with Gasteiger partial charge in [-0.1, -0.05) is 49.4 Å². The molecule has 4 rings (SSSR count). The van der Waals surface area contributed by atoms with Crippen LogP contribution in [0.1, 0.15) is 18.1 Å². The van der Waals surface area contributed by atoms with Gasteiger partial charge in [-0.3, -0.25) is 0 Å². The van der Waals surface area contributed by atoms with Crippen molar-refractivity contribution in [1.82, 2.24) is 9.97 Å². The Labute approximate surface area is 188 Å². The molecule has 0 spiro atoms. The zero-order valence-electron chi connectivity index (χ0n) is 18.4. The molecular formula is C26H27N3O3. The Bertz CT molecular complexity index is 1170. The smallest absolute Gasteiger partial charge is 0.163 e. The van der Waals surface area contributed by atoms with Crippen LogP contribution in [-0.2, 0) is 17.8 Å². The lowest BCUT2D eigenvalue weighted by Crippen LogP contribution is -2.06. The van der Waals surface area contributed by atoms with Crippen molar-refractivity contribution in [2.75, 3.05) is 25.6 Å². The van der Waals surface area contributed by atoms with Gasteiger partial charge in [0.2, 0.25) is 0 Å². The standard InChI is InChI=1S/C26H27N3O3/c1-3-19-10-7-11-21(14-19)29-26-22-15-24(31-13-12-30-2)25(16-23(22)27-18-28-26)32-17-20-8-5-4-6-9-20/h4-11,14-16,18H,3,12-13,17H2,1-2H3,(H,27,28,29). The number of fused-ring (bicyclic) bond motifs is 1. The Morgan fingerprint density at radius 1 is 0.812 bits per heavy atom. The van der Waals surface area contributed by atoms with Crippen molar-refractivity contribution >= 4 is 22.4 Å². The summed E-state index contributed by atoms with van der Waals surface area (Å²) in [6.07, 6.45) is 2.53. The number of anilines is 2. The summed E-state index contributed by atoms with van der Waals surface area (Å²) >= 11 is 0. The van der Waals surface area contributed by atoms with Gasteiger partial charge in [-0.05, 0) is 35.7 Å². The number of nitrogens with one attached hydrogen (secondary N) is 1. The molecule has 6 nitrogen and oxygen atoms in total. The normalized spacial score (nSPS) is 10.8. The number of aryl methyl sites for hydroxylation is 1. The summed E-state index contributed by atoms with van der Waals surface area (Å²) in [5, 5.41) is 4.28. The van der Waals surface area contributed by atoms with E-state index >= 15 is 0 Å².